The molecule has 2 rings (SSSR count). The molecular weight excluding hydrogens is 148 g/mol. The second kappa shape index (κ2) is 2.55. The normalized spacial score (nSPS) is 10.5. The molecule has 0 aliphatic rings. The SMILES string of the molecule is CN(C)c1ccc2cc[nH]c2c1. The lowest BCUT2D eigenvalue weighted by atomic mass is 10.2. The van der Waals surface area contributed by atoms with Crippen molar-refractivity contribution in [2.75, 3.05) is 19.0 Å². The Kier molecular flexibility index (Phi) is 1.54. The lowest BCUT2D eigenvalue weighted by Crippen LogP contribution is -2.07. The second-order valence-corrected chi connectivity index (χ2v) is 3.14. The molecule has 1 N–H and O–H groups in total. The minimum absolute atomic E-state index is 1.20. The number of aromatic amines is 1. The van der Waals surface area contributed by atoms with Crippen LogP contribution in [0.5, 0.6) is 0 Å². The summed E-state index contributed by atoms with van der Waals surface area (Å²) < 4.78 is 0. The van der Waals surface area contributed by atoms with E-state index in [1.54, 1.807) is 0 Å². The maximum Gasteiger partial charge on any atom is 0.0474 e. The van der Waals surface area contributed by atoms with Gasteiger partial charge in [-0.25, -0.2) is 0 Å². The molecule has 2 nitrogen and oxygen atoms in total. The molecule has 0 aliphatic heterocycles. The fourth-order valence-corrected chi connectivity index (χ4v) is 1.31. The van der Waals surface area contributed by atoms with E-state index in [2.05, 4.69) is 34.1 Å². The molecule has 0 spiro atoms. The Labute approximate surface area is 71.8 Å². The van der Waals surface area contributed by atoms with Gasteiger partial charge in [-0.3, -0.25) is 0 Å². The van der Waals surface area contributed by atoms with E-state index < -0.39 is 0 Å². The van der Waals surface area contributed by atoms with Crippen molar-refractivity contribution in [2.45, 2.75) is 0 Å². The molecule has 1 aromatic heterocycles. The summed E-state index contributed by atoms with van der Waals surface area (Å²) in [6.45, 7) is 0. The summed E-state index contributed by atoms with van der Waals surface area (Å²) in [6.07, 6.45) is 1.96. The zero-order valence-corrected chi connectivity index (χ0v) is 7.33. The van der Waals surface area contributed by atoms with Gasteiger partial charge in [0.1, 0.15) is 0 Å². The van der Waals surface area contributed by atoms with Crippen molar-refractivity contribution in [2.24, 2.45) is 0 Å². The lowest BCUT2D eigenvalue weighted by Gasteiger charge is -2.11. The molecular formula is C10H12N2. The molecule has 0 radical (unpaired) electrons. The molecule has 0 unspecified atom stereocenters. The third-order valence-corrected chi connectivity index (χ3v) is 2.06. The standard InChI is InChI=1S/C10H12N2/c1-12(2)9-4-3-8-5-6-11-10(8)7-9/h3-7,11H,1-2H3. The van der Waals surface area contributed by atoms with Crippen molar-refractivity contribution in [3.8, 4) is 0 Å². The maximum atomic E-state index is 3.19. The Morgan fingerprint density at radius 2 is 2.00 bits per heavy atom. The highest BCUT2D eigenvalue weighted by Gasteiger charge is 1.97. The smallest absolute Gasteiger partial charge is 0.0474 e. The van der Waals surface area contributed by atoms with Gasteiger partial charge in [-0.2, -0.15) is 0 Å². The molecule has 0 atom stereocenters. The molecule has 0 fully saturated rings. The minimum Gasteiger partial charge on any atom is -0.378 e. The van der Waals surface area contributed by atoms with Crippen molar-refractivity contribution in [3.63, 3.8) is 0 Å². The van der Waals surface area contributed by atoms with Crippen molar-refractivity contribution >= 4 is 16.6 Å². The summed E-state index contributed by atoms with van der Waals surface area (Å²) >= 11 is 0. The quantitative estimate of drug-likeness (QED) is 0.677. The van der Waals surface area contributed by atoms with Crippen LogP contribution >= 0.6 is 0 Å². The van der Waals surface area contributed by atoms with Crippen LogP contribution < -0.4 is 4.90 Å². The van der Waals surface area contributed by atoms with Crippen LogP contribution in [0.25, 0.3) is 10.9 Å². The van der Waals surface area contributed by atoms with Crippen LogP contribution in [0.15, 0.2) is 30.5 Å². The van der Waals surface area contributed by atoms with Gasteiger partial charge in [-0.1, -0.05) is 6.07 Å². The average Bonchev–Trinajstić information content (AvgIpc) is 2.49. The maximum absolute atomic E-state index is 3.19. The molecule has 2 aromatic rings. The second-order valence-electron chi connectivity index (χ2n) is 3.14. The summed E-state index contributed by atoms with van der Waals surface area (Å²) in [7, 11) is 4.09. The van der Waals surface area contributed by atoms with Crippen molar-refractivity contribution in [3.05, 3.63) is 30.5 Å². The van der Waals surface area contributed by atoms with Gasteiger partial charge in [-0.15, -0.1) is 0 Å². The van der Waals surface area contributed by atoms with Crippen LogP contribution in [-0.2, 0) is 0 Å². The summed E-state index contributed by atoms with van der Waals surface area (Å²) in [5.74, 6) is 0. The highest BCUT2D eigenvalue weighted by atomic mass is 15.1. The zero-order valence-electron chi connectivity index (χ0n) is 7.33. The van der Waals surface area contributed by atoms with E-state index in [1.165, 1.54) is 16.6 Å². The summed E-state index contributed by atoms with van der Waals surface area (Å²) in [5.41, 5.74) is 2.42. The molecule has 0 amide bonds. The number of anilines is 1. The summed E-state index contributed by atoms with van der Waals surface area (Å²) in [5, 5.41) is 1.26. The van der Waals surface area contributed by atoms with Gasteiger partial charge in [0, 0.05) is 31.5 Å². The van der Waals surface area contributed by atoms with Gasteiger partial charge in [0.25, 0.3) is 0 Å². The van der Waals surface area contributed by atoms with Gasteiger partial charge in [0.05, 0.1) is 0 Å². The number of aromatic nitrogens is 1. The van der Waals surface area contributed by atoms with E-state index in [4.69, 9.17) is 0 Å². The van der Waals surface area contributed by atoms with Gasteiger partial charge < -0.3 is 9.88 Å². The van der Waals surface area contributed by atoms with Crippen LogP contribution in [-0.4, -0.2) is 19.1 Å². The topological polar surface area (TPSA) is 19.0 Å². The van der Waals surface area contributed by atoms with Crippen LogP contribution in [0.2, 0.25) is 0 Å². The van der Waals surface area contributed by atoms with E-state index in [-0.39, 0.29) is 0 Å². The molecule has 12 heavy (non-hydrogen) atoms. The molecule has 1 aromatic carbocycles. The van der Waals surface area contributed by atoms with Gasteiger partial charge >= 0.3 is 0 Å². The molecule has 0 aliphatic carbocycles. The van der Waals surface area contributed by atoms with Crippen molar-refractivity contribution < 1.29 is 0 Å². The minimum atomic E-state index is 1.20. The average molecular weight is 160 g/mol. The number of nitrogens with one attached hydrogen (secondary N) is 1. The first-order valence-electron chi connectivity index (χ1n) is 4.02. The number of nitrogens with zero attached hydrogens (tertiary/aromatic N) is 1. The van der Waals surface area contributed by atoms with Crippen LogP contribution in [0.4, 0.5) is 5.69 Å². The summed E-state index contributed by atoms with van der Waals surface area (Å²) in [4.78, 5) is 5.29. The Morgan fingerprint density at radius 3 is 2.75 bits per heavy atom. The van der Waals surface area contributed by atoms with Crippen LogP contribution in [0, 0.1) is 0 Å². The molecule has 0 saturated heterocycles. The molecule has 0 saturated carbocycles. The van der Waals surface area contributed by atoms with E-state index >= 15 is 0 Å². The lowest BCUT2D eigenvalue weighted by molar-refractivity contribution is 1.13. The number of H-pyrrole nitrogens is 1. The Bertz CT molecular complexity index is 387. The Hall–Kier alpha value is -1.44. The predicted molar refractivity (Wildman–Crippen MR) is 52.6 cm³/mol. The van der Waals surface area contributed by atoms with Crippen LogP contribution in [0.3, 0.4) is 0 Å². The number of hydrogen-bond acceptors (Lipinski definition) is 1. The van der Waals surface area contributed by atoms with Crippen molar-refractivity contribution in [1.29, 1.82) is 0 Å². The first-order chi connectivity index (χ1) is 5.77. The zero-order chi connectivity index (χ0) is 8.55. The molecule has 1 heterocycles. The highest BCUT2D eigenvalue weighted by Crippen LogP contribution is 2.18. The van der Waals surface area contributed by atoms with E-state index in [9.17, 15) is 0 Å². The highest BCUT2D eigenvalue weighted by molar-refractivity contribution is 5.82. The molecule has 0 bridgehead atoms. The van der Waals surface area contributed by atoms with Gasteiger partial charge in [0.2, 0.25) is 0 Å². The van der Waals surface area contributed by atoms with E-state index in [0.29, 0.717) is 0 Å². The molecule has 62 valence electrons. The van der Waals surface area contributed by atoms with Gasteiger partial charge in [0.15, 0.2) is 0 Å². The predicted octanol–water partition coefficient (Wildman–Crippen LogP) is 2.23. The first-order valence-corrected chi connectivity index (χ1v) is 4.02. The number of benzene rings is 1. The first kappa shape index (κ1) is 7.22. The fraction of sp³-hybridized carbons (Fsp3) is 0.200. The van der Waals surface area contributed by atoms with Gasteiger partial charge in [-0.05, 0) is 23.6 Å². The monoisotopic (exact) mass is 160 g/mol. The third-order valence-electron chi connectivity index (χ3n) is 2.06. The Balaban J connectivity index is 2.60. The van der Waals surface area contributed by atoms with E-state index in [1.807, 2.05) is 20.3 Å². The summed E-state index contributed by atoms with van der Waals surface area (Å²) in [6, 6.07) is 8.47. The van der Waals surface area contributed by atoms with E-state index in [0.717, 1.165) is 0 Å². The number of rotatable bonds is 1. The Morgan fingerprint density at radius 1 is 1.17 bits per heavy atom. The number of fused-ring (bicyclic) bond motifs is 1. The molecule has 2 heteroatoms. The van der Waals surface area contributed by atoms with Crippen molar-refractivity contribution in [1.82, 2.24) is 4.98 Å². The number of hydrogen-bond donors (Lipinski definition) is 1. The largest absolute Gasteiger partial charge is 0.378 e. The third kappa shape index (κ3) is 1.05. The fourth-order valence-electron chi connectivity index (χ4n) is 1.31. The van der Waals surface area contributed by atoms with Crippen LogP contribution in [0.1, 0.15) is 0 Å².